The number of H-pyrrole nitrogens is 1. The first kappa shape index (κ1) is 12.9. The Balaban J connectivity index is 2.32. The molecule has 0 atom stereocenters. The van der Waals surface area contributed by atoms with E-state index in [1.807, 2.05) is 0 Å². The summed E-state index contributed by atoms with van der Waals surface area (Å²) < 4.78 is 0. The largest absolute Gasteiger partial charge is 0.508 e. The third kappa shape index (κ3) is 2.65. The van der Waals surface area contributed by atoms with E-state index in [0.29, 0.717) is 11.3 Å². The van der Waals surface area contributed by atoms with Crippen molar-refractivity contribution >= 4 is 11.6 Å². The van der Waals surface area contributed by atoms with E-state index < -0.39 is 11.5 Å². The molecule has 1 amide bonds. The van der Waals surface area contributed by atoms with Crippen molar-refractivity contribution in [3.8, 4) is 5.75 Å². The maximum Gasteiger partial charge on any atom is 0.261 e. The van der Waals surface area contributed by atoms with Crippen LogP contribution in [0.2, 0.25) is 0 Å². The van der Waals surface area contributed by atoms with Gasteiger partial charge < -0.3 is 15.4 Å². The summed E-state index contributed by atoms with van der Waals surface area (Å²) >= 11 is 0. The van der Waals surface area contributed by atoms with Crippen molar-refractivity contribution < 1.29 is 9.90 Å². The number of benzene rings is 1. The fraction of sp³-hybridized carbons (Fsp3) is 0.143. The first-order valence-electron chi connectivity index (χ1n) is 5.78. The summed E-state index contributed by atoms with van der Waals surface area (Å²) in [5.74, 6) is -0.303. The fourth-order valence-corrected chi connectivity index (χ4v) is 1.73. The first-order valence-corrected chi connectivity index (χ1v) is 5.78. The molecular formula is C14H14N2O3. The zero-order valence-corrected chi connectivity index (χ0v) is 10.7. The standard InChI is InChI=1S/C14H14N2O3/c1-8-7-12(17)9(2)6-11(8)16-14(19)10-4-3-5-15-13(10)18/h3-7,17H,1-2H3,(H,15,18)(H,16,19). The smallest absolute Gasteiger partial charge is 0.261 e. The number of aromatic hydroxyl groups is 1. The van der Waals surface area contributed by atoms with Gasteiger partial charge in [0.1, 0.15) is 11.3 Å². The van der Waals surface area contributed by atoms with Gasteiger partial charge in [-0.15, -0.1) is 0 Å². The molecule has 0 saturated heterocycles. The van der Waals surface area contributed by atoms with Gasteiger partial charge in [0.15, 0.2) is 0 Å². The molecule has 0 aliphatic carbocycles. The van der Waals surface area contributed by atoms with Gasteiger partial charge in [-0.05, 0) is 49.2 Å². The van der Waals surface area contributed by atoms with E-state index in [9.17, 15) is 14.7 Å². The summed E-state index contributed by atoms with van der Waals surface area (Å²) in [6.07, 6.45) is 1.47. The Morgan fingerprint density at radius 1 is 1.26 bits per heavy atom. The van der Waals surface area contributed by atoms with Crippen molar-refractivity contribution in [1.29, 1.82) is 0 Å². The molecule has 3 N–H and O–H groups in total. The Morgan fingerprint density at radius 3 is 2.68 bits per heavy atom. The maximum absolute atomic E-state index is 12.0. The van der Waals surface area contributed by atoms with Crippen molar-refractivity contribution in [2.45, 2.75) is 13.8 Å². The van der Waals surface area contributed by atoms with Crippen molar-refractivity contribution in [3.05, 3.63) is 57.5 Å². The topological polar surface area (TPSA) is 82.2 Å². The number of phenols is 1. The van der Waals surface area contributed by atoms with Crippen molar-refractivity contribution in [2.24, 2.45) is 0 Å². The second-order valence-corrected chi connectivity index (χ2v) is 4.32. The Bertz CT molecular complexity index is 689. The lowest BCUT2D eigenvalue weighted by Gasteiger charge is -2.10. The zero-order chi connectivity index (χ0) is 14.0. The number of phenolic OH excluding ortho intramolecular Hbond substituents is 1. The Hall–Kier alpha value is -2.56. The summed E-state index contributed by atoms with van der Waals surface area (Å²) in [6.45, 7) is 3.50. The summed E-state index contributed by atoms with van der Waals surface area (Å²) in [6, 6.07) is 6.28. The lowest BCUT2D eigenvalue weighted by molar-refractivity contribution is 0.102. The Kier molecular flexibility index (Phi) is 3.37. The summed E-state index contributed by atoms with van der Waals surface area (Å²) in [5, 5.41) is 12.2. The molecule has 1 aromatic heterocycles. The minimum Gasteiger partial charge on any atom is -0.508 e. The number of carbonyl (C=O) groups excluding carboxylic acids is 1. The molecule has 0 spiro atoms. The third-order valence-corrected chi connectivity index (χ3v) is 2.85. The number of hydrogen-bond acceptors (Lipinski definition) is 3. The quantitative estimate of drug-likeness (QED) is 0.720. The van der Waals surface area contributed by atoms with Crippen LogP contribution in [-0.2, 0) is 0 Å². The molecule has 1 heterocycles. The molecule has 0 fully saturated rings. The average Bonchev–Trinajstić information content (AvgIpc) is 2.36. The molecule has 0 bridgehead atoms. The molecule has 2 rings (SSSR count). The van der Waals surface area contributed by atoms with Crippen LogP contribution in [-0.4, -0.2) is 16.0 Å². The van der Waals surface area contributed by atoms with Crippen LogP contribution in [0.25, 0.3) is 0 Å². The average molecular weight is 258 g/mol. The van der Waals surface area contributed by atoms with Crippen LogP contribution in [0.1, 0.15) is 21.5 Å². The highest BCUT2D eigenvalue weighted by molar-refractivity contribution is 6.04. The maximum atomic E-state index is 12.0. The van der Waals surface area contributed by atoms with Crippen LogP contribution in [0, 0.1) is 13.8 Å². The summed E-state index contributed by atoms with van der Waals surface area (Å²) in [4.78, 5) is 25.9. The van der Waals surface area contributed by atoms with E-state index in [1.165, 1.54) is 12.3 Å². The fourth-order valence-electron chi connectivity index (χ4n) is 1.73. The normalized spacial score (nSPS) is 10.2. The number of hydrogen-bond donors (Lipinski definition) is 3. The number of aryl methyl sites for hydroxylation is 2. The highest BCUT2D eigenvalue weighted by Crippen LogP contribution is 2.25. The number of amides is 1. The number of nitrogens with one attached hydrogen (secondary N) is 2. The minimum atomic E-state index is -0.477. The number of aromatic nitrogens is 1. The number of aromatic amines is 1. The molecule has 0 aliphatic heterocycles. The van der Waals surface area contributed by atoms with Crippen LogP contribution in [0.4, 0.5) is 5.69 Å². The predicted octanol–water partition coefficient (Wildman–Crippen LogP) is 1.95. The predicted molar refractivity (Wildman–Crippen MR) is 72.6 cm³/mol. The molecule has 5 heteroatoms. The Morgan fingerprint density at radius 2 is 2.00 bits per heavy atom. The van der Waals surface area contributed by atoms with Crippen molar-refractivity contribution in [3.63, 3.8) is 0 Å². The number of anilines is 1. The van der Waals surface area contributed by atoms with Gasteiger partial charge >= 0.3 is 0 Å². The second-order valence-electron chi connectivity index (χ2n) is 4.32. The third-order valence-electron chi connectivity index (χ3n) is 2.85. The summed E-state index contributed by atoms with van der Waals surface area (Å²) in [5.41, 5.74) is 1.57. The molecule has 2 aromatic rings. The second kappa shape index (κ2) is 4.97. The molecular weight excluding hydrogens is 244 g/mol. The van der Waals surface area contributed by atoms with Crippen LogP contribution < -0.4 is 10.9 Å². The molecule has 0 radical (unpaired) electrons. The van der Waals surface area contributed by atoms with E-state index in [2.05, 4.69) is 10.3 Å². The highest BCUT2D eigenvalue weighted by Gasteiger charge is 2.12. The van der Waals surface area contributed by atoms with Gasteiger partial charge in [-0.25, -0.2) is 0 Å². The van der Waals surface area contributed by atoms with Gasteiger partial charge in [0.05, 0.1) is 0 Å². The van der Waals surface area contributed by atoms with E-state index in [1.54, 1.807) is 32.0 Å². The first-order chi connectivity index (χ1) is 8.99. The van der Waals surface area contributed by atoms with Crippen molar-refractivity contribution in [1.82, 2.24) is 4.98 Å². The van der Waals surface area contributed by atoms with Gasteiger partial charge in [-0.2, -0.15) is 0 Å². The minimum absolute atomic E-state index is 0.0487. The lowest BCUT2D eigenvalue weighted by atomic mass is 10.1. The lowest BCUT2D eigenvalue weighted by Crippen LogP contribution is -2.22. The molecule has 0 saturated carbocycles. The molecule has 5 nitrogen and oxygen atoms in total. The van der Waals surface area contributed by atoms with Gasteiger partial charge in [-0.1, -0.05) is 0 Å². The van der Waals surface area contributed by atoms with Crippen LogP contribution in [0.5, 0.6) is 5.75 Å². The van der Waals surface area contributed by atoms with Crippen LogP contribution >= 0.6 is 0 Å². The number of rotatable bonds is 2. The summed E-state index contributed by atoms with van der Waals surface area (Å²) in [7, 11) is 0. The molecule has 19 heavy (non-hydrogen) atoms. The van der Waals surface area contributed by atoms with E-state index in [4.69, 9.17) is 0 Å². The number of pyridine rings is 1. The van der Waals surface area contributed by atoms with Gasteiger partial charge in [0, 0.05) is 11.9 Å². The molecule has 0 unspecified atom stereocenters. The van der Waals surface area contributed by atoms with Gasteiger partial charge in [0.25, 0.3) is 11.5 Å². The van der Waals surface area contributed by atoms with Crippen molar-refractivity contribution in [2.75, 3.05) is 5.32 Å². The van der Waals surface area contributed by atoms with E-state index >= 15 is 0 Å². The van der Waals surface area contributed by atoms with E-state index in [-0.39, 0.29) is 11.3 Å². The molecule has 98 valence electrons. The highest BCUT2D eigenvalue weighted by atomic mass is 16.3. The van der Waals surface area contributed by atoms with Gasteiger partial charge in [-0.3, -0.25) is 9.59 Å². The van der Waals surface area contributed by atoms with E-state index in [0.717, 1.165) is 5.56 Å². The van der Waals surface area contributed by atoms with Crippen LogP contribution in [0.15, 0.2) is 35.3 Å². The molecule has 1 aromatic carbocycles. The molecule has 0 aliphatic rings. The SMILES string of the molecule is Cc1cc(NC(=O)c2ccc[nH]c2=O)c(C)cc1O. The number of carbonyl (C=O) groups is 1. The Labute approximate surface area is 109 Å². The monoisotopic (exact) mass is 258 g/mol. The van der Waals surface area contributed by atoms with Gasteiger partial charge in [0.2, 0.25) is 0 Å². The zero-order valence-electron chi connectivity index (χ0n) is 10.7. The van der Waals surface area contributed by atoms with Crippen LogP contribution in [0.3, 0.4) is 0 Å².